The highest BCUT2D eigenvalue weighted by Crippen LogP contribution is 2.53. The van der Waals surface area contributed by atoms with Crippen molar-refractivity contribution in [3.05, 3.63) is 0 Å². The molecule has 4 nitrogen and oxygen atoms in total. The van der Waals surface area contributed by atoms with E-state index in [-0.39, 0.29) is 17.7 Å². The molecule has 4 heteroatoms. The molecule has 2 saturated heterocycles. The molecule has 80 valence electrons. The molecule has 2 rings (SSSR count). The quantitative estimate of drug-likeness (QED) is 0.501. The second kappa shape index (κ2) is 2.70. The highest BCUT2D eigenvalue weighted by Gasteiger charge is 2.73. The lowest BCUT2D eigenvalue weighted by atomic mass is 9.93. The summed E-state index contributed by atoms with van der Waals surface area (Å²) in [5, 5.41) is 0. The SMILES string of the molecule is CC(C)OC(=O)C1OC1(C)C1(C)CO1. The van der Waals surface area contributed by atoms with Crippen LogP contribution in [0.2, 0.25) is 0 Å². The smallest absolute Gasteiger partial charge is 0.338 e. The van der Waals surface area contributed by atoms with Crippen LogP contribution in [0.3, 0.4) is 0 Å². The van der Waals surface area contributed by atoms with Gasteiger partial charge in [0.2, 0.25) is 0 Å². The zero-order valence-corrected chi connectivity index (χ0v) is 8.99. The van der Waals surface area contributed by atoms with Crippen molar-refractivity contribution in [1.82, 2.24) is 0 Å². The molecule has 2 aliphatic heterocycles. The van der Waals surface area contributed by atoms with Gasteiger partial charge < -0.3 is 14.2 Å². The summed E-state index contributed by atoms with van der Waals surface area (Å²) in [5.41, 5.74) is -0.757. The Hall–Kier alpha value is -0.610. The van der Waals surface area contributed by atoms with Gasteiger partial charge in [-0.15, -0.1) is 0 Å². The molecule has 2 aliphatic rings. The maximum absolute atomic E-state index is 11.5. The van der Waals surface area contributed by atoms with Crippen LogP contribution in [0.15, 0.2) is 0 Å². The van der Waals surface area contributed by atoms with Crippen molar-refractivity contribution in [2.45, 2.75) is 51.1 Å². The third kappa shape index (κ3) is 1.33. The Kier molecular flexibility index (Phi) is 1.92. The molecular formula is C10H16O4. The number of esters is 1. The molecule has 2 fully saturated rings. The molecule has 0 aliphatic carbocycles. The van der Waals surface area contributed by atoms with Crippen molar-refractivity contribution < 1.29 is 19.0 Å². The first-order valence-electron chi connectivity index (χ1n) is 4.91. The van der Waals surface area contributed by atoms with Crippen LogP contribution in [0.25, 0.3) is 0 Å². The van der Waals surface area contributed by atoms with E-state index in [0.29, 0.717) is 6.61 Å². The van der Waals surface area contributed by atoms with Gasteiger partial charge in [-0.2, -0.15) is 0 Å². The second-order valence-corrected chi connectivity index (χ2v) is 4.61. The van der Waals surface area contributed by atoms with Gasteiger partial charge in [-0.25, -0.2) is 4.79 Å². The highest BCUT2D eigenvalue weighted by molar-refractivity contribution is 5.80. The molecule has 0 aromatic rings. The molecular weight excluding hydrogens is 184 g/mol. The molecule has 3 unspecified atom stereocenters. The Balaban J connectivity index is 1.94. The molecule has 0 N–H and O–H groups in total. The van der Waals surface area contributed by atoms with E-state index >= 15 is 0 Å². The van der Waals surface area contributed by atoms with Crippen molar-refractivity contribution in [3.63, 3.8) is 0 Å². The van der Waals surface area contributed by atoms with E-state index in [0.717, 1.165) is 0 Å². The fourth-order valence-corrected chi connectivity index (χ4v) is 1.57. The zero-order valence-electron chi connectivity index (χ0n) is 8.99. The number of hydrogen-bond acceptors (Lipinski definition) is 4. The third-order valence-electron chi connectivity index (χ3n) is 3.00. The predicted molar refractivity (Wildman–Crippen MR) is 48.9 cm³/mol. The standard InChI is InChI=1S/C10H16O4/c1-6(2)13-8(11)7-10(4,14-7)9(3)5-12-9/h6-7H,5H2,1-4H3. The van der Waals surface area contributed by atoms with Gasteiger partial charge in [-0.05, 0) is 27.7 Å². The summed E-state index contributed by atoms with van der Waals surface area (Å²) in [7, 11) is 0. The molecule has 0 aromatic heterocycles. The minimum Gasteiger partial charge on any atom is -0.461 e. The number of carbonyl (C=O) groups excluding carboxylic acids is 1. The predicted octanol–water partition coefficient (Wildman–Crippen LogP) is 0.884. The summed E-state index contributed by atoms with van der Waals surface area (Å²) in [5.74, 6) is -0.278. The number of ether oxygens (including phenoxy) is 3. The fraction of sp³-hybridized carbons (Fsp3) is 0.900. The van der Waals surface area contributed by atoms with E-state index in [1.54, 1.807) is 0 Å². The van der Waals surface area contributed by atoms with Crippen LogP contribution in [0.5, 0.6) is 0 Å². The van der Waals surface area contributed by atoms with E-state index in [2.05, 4.69) is 0 Å². The van der Waals surface area contributed by atoms with Crippen molar-refractivity contribution in [1.29, 1.82) is 0 Å². The molecule has 14 heavy (non-hydrogen) atoms. The van der Waals surface area contributed by atoms with Gasteiger partial charge in [0.25, 0.3) is 0 Å². The minimum absolute atomic E-state index is 0.0936. The maximum Gasteiger partial charge on any atom is 0.338 e. The molecule has 0 saturated carbocycles. The van der Waals surface area contributed by atoms with E-state index in [4.69, 9.17) is 14.2 Å². The lowest BCUT2D eigenvalue weighted by molar-refractivity contribution is -0.148. The first kappa shape index (κ1) is 9.93. The van der Waals surface area contributed by atoms with Crippen LogP contribution in [-0.2, 0) is 19.0 Å². The summed E-state index contributed by atoms with van der Waals surface area (Å²) >= 11 is 0. The molecule has 0 aromatic carbocycles. The van der Waals surface area contributed by atoms with Crippen LogP contribution in [-0.4, -0.2) is 36.0 Å². The van der Waals surface area contributed by atoms with E-state index in [9.17, 15) is 4.79 Å². The van der Waals surface area contributed by atoms with Gasteiger partial charge in [0.05, 0.1) is 12.7 Å². The van der Waals surface area contributed by atoms with E-state index in [1.165, 1.54) is 0 Å². The highest BCUT2D eigenvalue weighted by atomic mass is 16.7. The van der Waals surface area contributed by atoms with Crippen LogP contribution in [0.1, 0.15) is 27.7 Å². The molecule has 2 heterocycles. The van der Waals surface area contributed by atoms with Gasteiger partial charge in [0.15, 0.2) is 6.10 Å². The summed E-state index contributed by atoms with van der Waals surface area (Å²) in [6.45, 7) is 8.16. The normalized spacial score (nSPS) is 45.1. The topological polar surface area (TPSA) is 51.4 Å². The molecule has 0 bridgehead atoms. The minimum atomic E-state index is -0.473. The van der Waals surface area contributed by atoms with Crippen LogP contribution in [0, 0.1) is 0 Å². The Bertz CT molecular complexity index is 269. The average molecular weight is 200 g/mol. The maximum atomic E-state index is 11.5. The molecule has 0 radical (unpaired) electrons. The van der Waals surface area contributed by atoms with Crippen LogP contribution >= 0.6 is 0 Å². The third-order valence-corrected chi connectivity index (χ3v) is 3.00. The Morgan fingerprint density at radius 3 is 2.50 bits per heavy atom. The summed E-state index contributed by atoms with van der Waals surface area (Å²) in [6, 6.07) is 0. The van der Waals surface area contributed by atoms with Crippen molar-refractivity contribution >= 4 is 5.97 Å². The monoisotopic (exact) mass is 200 g/mol. The Morgan fingerprint density at radius 2 is 2.07 bits per heavy atom. The zero-order chi connectivity index (χ0) is 10.6. The van der Waals surface area contributed by atoms with Crippen molar-refractivity contribution in [2.24, 2.45) is 0 Å². The molecule has 0 spiro atoms. The van der Waals surface area contributed by atoms with Crippen LogP contribution in [0.4, 0.5) is 0 Å². The largest absolute Gasteiger partial charge is 0.461 e. The first-order valence-corrected chi connectivity index (χ1v) is 4.91. The average Bonchev–Trinajstić information content (AvgIpc) is 2.89. The summed E-state index contributed by atoms with van der Waals surface area (Å²) in [4.78, 5) is 11.5. The van der Waals surface area contributed by atoms with Gasteiger partial charge in [-0.1, -0.05) is 0 Å². The number of rotatable bonds is 3. The van der Waals surface area contributed by atoms with E-state index in [1.807, 2.05) is 27.7 Å². The fourth-order valence-electron chi connectivity index (χ4n) is 1.57. The summed E-state index contributed by atoms with van der Waals surface area (Å²) in [6.07, 6.45) is -0.540. The molecule has 3 atom stereocenters. The van der Waals surface area contributed by atoms with Crippen molar-refractivity contribution in [2.75, 3.05) is 6.61 Å². The van der Waals surface area contributed by atoms with Gasteiger partial charge in [0.1, 0.15) is 11.2 Å². The van der Waals surface area contributed by atoms with Gasteiger partial charge in [0, 0.05) is 0 Å². The Labute approximate surface area is 83.5 Å². The molecule has 0 amide bonds. The number of carbonyl (C=O) groups is 1. The van der Waals surface area contributed by atoms with Gasteiger partial charge >= 0.3 is 5.97 Å². The van der Waals surface area contributed by atoms with Gasteiger partial charge in [-0.3, -0.25) is 0 Å². The van der Waals surface area contributed by atoms with E-state index < -0.39 is 11.7 Å². The Morgan fingerprint density at radius 1 is 1.50 bits per heavy atom. The first-order chi connectivity index (χ1) is 6.39. The van der Waals surface area contributed by atoms with Crippen LogP contribution < -0.4 is 0 Å². The number of hydrogen-bond donors (Lipinski definition) is 0. The summed E-state index contributed by atoms with van der Waals surface area (Å²) < 4.78 is 15.7. The lowest BCUT2D eigenvalue weighted by Gasteiger charge is -2.11. The lowest BCUT2D eigenvalue weighted by Crippen LogP contribution is -2.33. The second-order valence-electron chi connectivity index (χ2n) is 4.61. The number of epoxide rings is 2. The van der Waals surface area contributed by atoms with Crippen molar-refractivity contribution in [3.8, 4) is 0 Å².